The average Bonchev–Trinajstić information content (AvgIpc) is 3.32. The standard InChI is InChI=1S/C27H31N5O7S/c1-17-7-8-18(21(15-25(34)35)19-13-22-26(23(14-19)38-3)31(2)30-29-22)12-20(17)16-32(10-11-33)40(36,37)24-6-5-9-28-27(24)39-4/h5-9,12-14,21,33H,10-11,15-16H2,1-4H3,(H,34,35). The number of rotatable bonds is 12. The van der Waals surface area contributed by atoms with Gasteiger partial charge < -0.3 is 19.7 Å². The maximum absolute atomic E-state index is 13.6. The van der Waals surface area contributed by atoms with Crippen molar-refractivity contribution in [2.75, 3.05) is 27.4 Å². The number of aliphatic hydroxyl groups excluding tert-OH is 1. The predicted molar refractivity (Wildman–Crippen MR) is 146 cm³/mol. The van der Waals surface area contributed by atoms with Crippen molar-refractivity contribution in [3.05, 3.63) is 70.9 Å². The Bertz CT molecular complexity index is 1640. The largest absolute Gasteiger partial charge is 0.494 e. The zero-order valence-corrected chi connectivity index (χ0v) is 23.4. The molecule has 1 atom stereocenters. The Hall–Kier alpha value is -4.07. The lowest BCUT2D eigenvalue weighted by Gasteiger charge is -2.24. The molecule has 0 fully saturated rings. The van der Waals surface area contributed by atoms with Gasteiger partial charge in [0.1, 0.15) is 21.7 Å². The zero-order valence-electron chi connectivity index (χ0n) is 22.6. The summed E-state index contributed by atoms with van der Waals surface area (Å²) >= 11 is 0. The van der Waals surface area contributed by atoms with Gasteiger partial charge in [-0.25, -0.2) is 18.1 Å². The number of carboxylic acid groups (broad SMARTS) is 1. The lowest BCUT2D eigenvalue weighted by atomic mass is 9.86. The number of hydrogen-bond acceptors (Lipinski definition) is 9. The van der Waals surface area contributed by atoms with Gasteiger partial charge in [-0.1, -0.05) is 23.4 Å². The number of aliphatic carboxylic acids is 1. The van der Waals surface area contributed by atoms with Gasteiger partial charge in [-0.15, -0.1) is 5.10 Å². The quantitative estimate of drug-likeness (QED) is 0.260. The highest BCUT2D eigenvalue weighted by Gasteiger charge is 2.29. The van der Waals surface area contributed by atoms with Crippen molar-refractivity contribution in [3.63, 3.8) is 0 Å². The first kappa shape index (κ1) is 28.9. The first-order valence-corrected chi connectivity index (χ1v) is 13.8. The predicted octanol–water partition coefficient (Wildman–Crippen LogP) is 2.48. The molecule has 2 heterocycles. The van der Waals surface area contributed by atoms with Crippen LogP contribution in [0, 0.1) is 6.92 Å². The maximum atomic E-state index is 13.6. The molecule has 212 valence electrons. The highest BCUT2D eigenvalue weighted by Crippen LogP contribution is 2.36. The van der Waals surface area contributed by atoms with Crippen molar-refractivity contribution in [1.82, 2.24) is 24.3 Å². The molecule has 0 bridgehead atoms. The number of carbonyl (C=O) groups is 1. The molecule has 0 spiro atoms. The number of carboxylic acids is 1. The Labute approximate surface area is 231 Å². The van der Waals surface area contributed by atoms with Gasteiger partial charge in [-0.2, -0.15) is 4.31 Å². The lowest BCUT2D eigenvalue weighted by Crippen LogP contribution is -2.33. The minimum atomic E-state index is -4.10. The van der Waals surface area contributed by atoms with Gasteiger partial charge in [0.05, 0.1) is 27.2 Å². The highest BCUT2D eigenvalue weighted by molar-refractivity contribution is 7.89. The van der Waals surface area contributed by atoms with E-state index in [0.29, 0.717) is 33.5 Å². The molecular weight excluding hydrogens is 538 g/mol. The van der Waals surface area contributed by atoms with Crippen molar-refractivity contribution in [3.8, 4) is 11.6 Å². The number of aromatic nitrogens is 4. The third-order valence-corrected chi connectivity index (χ3v) is 8.57. The molecule has 0 aliphatic rings. The van der Waals surface area contributed by atoms with Gasteiger partial charge in [0.2, 0.25) is 15.9 Å². The summed E-state index contributed by atoms with van der Waals surface area (Å²) in [7, 11) is 0.501. The molecule has 0 saturated carbocycles. The van der Waals surface area contributed by atoms with Crippen LogP contribution in [-0.4, -0.2) is 76.3 Å². The van der Waals surface area contributed by atoms with Gasteiger partial charge in [-0.05, 0) is 53.4 Å². The second kappa shape index (κ2) is 12.0. The minimum absolute atomic E-state index is 0.0502. The van der Waals surface area contributed by atoms with E-state index in [1.165, 1.54) is 32.5 Å². The van der Waals surface area contributed by atoms with Crippen LogP contribution < -0.4 is 9.47 Å². The van der Waals surface area contributed by atoms with Crippen LogP contribution in [0.1, 0.15) is 34.6 Å². The summed E-state index contributed by atoms with van der Waals surface area (Å²) in [5, 5.41) is 27.7. The Morgan fingerprint density at radius 3 is 2.58 bits per heavy atom. The molecule has 4 aromatic rings. The molecule has 2 N–H and O–H groups in total. The summed E-state index contributed by atoms with van der Waals surface area (Å²) in [6.07, 6.45) is 1.21. The molecule has 2 aromatic heterocycles. The molecule has 1 unspecified atom stereocenters. The normalized spacial score (nSPS) is 12.6. The molecular formula is C27H31N5O7S. The summed E-state index contributed by atoms with van der Waals surface area (Å²) in [6.45, 7) is 1.21. The van der Waals surface area contributed by atoms with Crippen LogP contribution >= 0.6 is 0 Å². The first-order chi connectivity index (χ1) is 19.1. The van der Waals surface area contributed by atoms with Crippen molar-refractivity contribution < 1.29 is 32.9 Å². The van der Waals surface area contributed by atoms with Crippen LogP contribution in [0.2, 0.25) is 0 Å². The van der Waals surface area contributed by atoms with Gasteiger partial charge in [0.25, 0.3) is 0 Å². The van der Waals surface area contributed by atoms with E-state index in [2.05, 4.69) is 15.3 Å². The van der Waals surface area contributed by atoms with Crippen molar-refractivity contribution in [2.45, 2.75) is 30.7 Å². The summed E-state index contributed by atoms with van der Waals surface area (Å²) in [5.41, 5.74) is 4.04. The Kier molecular flexibility index (Phi) is 8.67. The van der Waals surface area contributed by atoms with E-state index in [4.69, 9.17) is 9.47 Å². The second-order valence-electron chi connectivity index (χ2n) is 9.21. The summed E-state index contributed by atoms with van der Waals surface area (Å²) < 4.78 is 40.6. The van der Waals surface area contributed by atoms with E-state index in [1.54, 1.807) is 29.9 Å². The number of nitrogens with zero attached hydrogens (tertiary/aromatic N) is 5. The number of fused-ring (bicyclic) bond motifs is 1. The molecule has 4 rings (SSSR count). The van der Waals surface area contributed by atoms with Crippen molar-refractivity contribution in [1.29, 1.82) is 0 Å². The van der Waals surface area contributed by atoms with E-state index >= 15 is 0 Å². The van der Waals surface area contributed by atoms with E-state index in [9.17, 15) is 23.4 Å². The first-order valence-electron chi connectivity index (χ1n) is 12.4. The second-order valence-corrected chi connectivity index (χ2v) is 11.1. The summed E-state index contributed by atoms with van der Waals surface area (Å²) in [4.78, 5) is 15.8. The molecule has 2 aromatic carbocycles. The third kappa shape index (κ3) is 5.76. The number of pyridine rings is 1. The topological polar surface area (TPSA) is 157 Å². The molecule has 0 radical (unpaired) electrons. The molecule has 0 amide bonds. The van der Waals surface area contributed by atoms with Crippen LogP contribution in [0.15, 0.2) is 53.6 Å². The maximum Gasteiger partial charge on any atom is 0.304 e. The van der Waals surface area contributed by atoms with Crippen LogP contribution in [0.3, 0.4) is 0 Å². The average molecular weight is 570 g/mol. The van der Waals surface area contributed by atoms with E-state index in [1.807, 2.05) is 19.1 Å². The zero-order chi connectivity index (χ0) is 29.0. The number of aliphatic hydroxyl groups is 1. The SMILES string of the molecule is COc1ncccc1S(=O)(=O)N(CCO)Cc1cc(C(CC(=O)O)c2cc(OC)c3c(c2)nnn3C)ccc1C. The number of benzene rings is 2. The number of ether oxygens (including phenoxy) is 2. The fourth-order valence-corrected chi connectivity index (χ4v) is 6.18. The van der Waals surface area contributed by atoms with E-state index in [-0.39, 0.29) is 30.3 Å². The smallest absolute Gasteiger partial charge is 0.304 e. The van der Waals surface area contributed by atoms with Crippen LogP contribution in [0.5, 0.6) is 11.6 Å². The molecule has 40 heavy (non-hydrogen) atoms. The number of aryl methyl sites for hydroxylation is 2. The minimum Gasteiger partial charge on any atom is -0.494 e. The van der Waals surface area contributed by atoms with E-state index in [0.717, 1.165) is 9.87 Å². The highest BCUT2D eigenvalue weighted by atomic mass is 32.2. The molecule has 12 nitrogen and oxygen atoms in total. The molecule has 13 heteroatoms. The summed E-state index contributed by atoms with van der Waals surface area (Å²) in [6, 6.07) is 11.9. The van der Waals surface area contributed by atoms with E-state index < -0.39 is 28.5 Å². The van der Waals surface area contributed by atoms with Crippen molar-refractivity contribution >= 4 is 27.0 Å². The fraction of sp³-hybridized carbons (Fsp3) is 0.333. The van der Waals surface area contributed by atoms with Crippen LogP contribution in [0.25, 0.3) is 11.0 Å². The molecule has 0 saturated heterocycles. The van der Waals surface area contributed by atoms with Gasteiger partial charge in [-0.3, -0.25) is 4.79 Å². The van der Waals surface area contributed by atoms with Gasteiger partial charge in [0, 0.05) is 32.3 Å². The van der Waals surface area contributed by atoms with Crippen molar-refractivity contribution in [2.24, 2.45) is 7.05 Å². The number of hydrogen-bond donors (Lipinski definition) is 2. The lowest BCUT2D eigenvalue weighted by molar-refractivity contribution is -0.137. The molecule has 0 aliphatic carbocycles. The molecule has 0 aliphatic heterocycles. The van der Waals surface area contributed by atoms with Gasteiger partial charge >= 0.3 is 5.97 Å². The Morgan fingerprint density at radius 2 is 1.90 bits per heavy atom. The monoisotopic (exact) mass is 569 g/mol. The fourth-order valence-electron chi connectivity index (χ4n) is 4.66. The van der Waals surface area contributed by atoms with Crippen LogP contribution in [0.4, 0.5) is 0 Å². The summed E-state index contributed by atoms with van der Waals surface area (Å²) in [5.74, 6) is -1.13. The Morgan fingerprint density at radius 1 is 1.12 bits per heavy atom. The Balaban J connectivity index is 1.78. The van der Waals surface area contributed by atoms with Gasteiger partial charge in [0.15, 0.2) is 0 Å². The number of sulfonamides is 1. The third-order valence-electron chi connectivity index (χ3n) is 6.71. The number of methoxy groups -OCH3 is 2. The van der Waals surface area contributed by atoms with Crippen LogP contribution in [-0.2, 0) is 28.4 Å².